The quantitative estimate of drug-likeness (QED) is 0.860. The Morgan fingerprint density at radius 3 is 3.08 bits per heavy atom. The molecule has 25 heavy (non-hydrogen) atoms. The third kappa shape index (κ3) is 2.72. The number of methoxy groups -OCH3 is 1. The maximum atomic E-state index is 12.9. The third-order valence-corrected chi connectivity index (χ3v) is 5.04. The number of urea groups is 1. The average molecular weight is 343 g/mol. The predicted octanol–water partition coefficient (Wildman–Crippen LogP) is 0.818. The summed E-state index contributed by atoms with van der Waals surface area (Å²) in [6.45, 7) is 2.19. The molecule has 2 saturated heterocycles. The summed E-state index contributed by atoms with van der Waals surface area (Å²) in [7, 11) is 1.63. The fraction of sp³-hybridized carbons (Fsp3) is 0.471. The molecule has 0 aliphatic carbocycles. The van der Waals surface area contributed by atoms with Crippen molar-refractivity contribution in [1.29, 1.82) is 0 Å². The normalized spacial score (nSPS) is 23.0. The van der Waals surface area contributed by atoms with E-state index < -0.39 is 0 Å². The number of likely N-dealkylation sites (tertiary alicyclic amines) is 1. The highest BCUT2D eigenvalue weighted by Gasteiger charge is 2.43. The van der Waals surface area contributed by atoms with Crippen molar-refractivity contribution in [2.24, 2.45) is 0 Å². The molecule has 4 rings (SSSR count). The molecule has 2 atom stereocenters. The molecule has 3 heterocycles. The van der Waals surface area contributed by atoms with E-state index in [0.29, 0.717) is 31.9 Å². The number of ether oxygens (including phenoxy) is 1. The molecule has 1 aromatic heterocycles. The molecule has 8 nitrogen and oxygen atoms in total. The number of hydrogen-bond acceptors (Lipinski definition) is 4. The van der Waals surface area contributed by atoms with Crippen LogP contribution in [0.3, 0.4) is 0 Å². The molecule has 0 bridgehead atoms. The number of rotatable bonds is 4. The Bertz CT molecular complexity index is 804. The molecule has 2 aliphatic rings. The fourth-order valence-electron chi connectivity index (χ4n) is 3.76. The van der Waals surface area contributed by atoms with Gasteiger partial charge in [0.15, 0.2) is 5.69 Å². The Morgan fingerprint density at radius 2 is 2.24 bits per heavy atom. The Hall–Kier alpha value is -2.61. The van der Waals surface area contributed by atoms with Gasteiger partial charge in [-0.3, -0.25) is 9.89 Å². The van der Waals surface area contributed by atoms with Crippen LogP contribution in [0.5, 0.6) is 0 Å². The van der Waals surface area contributed by atoms with E-state index >= 15 is 0 Å². The van der Waals surface area contributed by atoms with Crippen LogP contribution in [-0.4, -0.2) is 77.4 Å². The Balaban J connectivity index is 1.49. The number of amides is 3. The van der Waals surface area contributed by atoms with Crippen LogP contribution in [0.25, 0.3) is 10.9 Å². The summed E-state index contributed by atoms with van der Waals surface area (Å²) in [6.07, 6.45) is 0.751. The van der Waals surface area contributed by atoms with Crippen LogP contribution in [0.2, 0.25) is 0 Å². The van der Waals surface area contributed by atoms with E-state index in [-0.39, 0.29) is 24.0 Å². The molecule has 3 amide bonds. The first-order chi connectivity index (χ1) is 12.2. The van der Waals surface area contributed by atoms with Crippen LogP contribution in [-0.2, 0) is 4.74 Å². The van der Waals surface area contributed by atoms with E-state index in [9.17, 15) is 9.59 Å². The van der Waals surface area contributed by atoms with Gasteiger partial charge in [0.2, 0.25) is 0 Å². The van der Waals surface area contributed by atoms with Crippen molar-refractivity contribution in [1.82, 2.24) is 25.3 Å². The van der Waals surface area contributed by atoms with Crippen LogP contribution < -0.4 is 5.32 Å². The predicted molar refractivity (Wildman–Crippen MR) is 91.3 cm³/mol. The lowest BCUT2D eigenvalue weighted by Gasteiger charge is -2.36. The van der Waals surface area contributed by atoms with Gasteiger partial charge >= 0.3 is 6.03 Å². The number of nitrogens with zero attached hydrogens (tertiary/aromatic N) is 3. The zero-order valence-corrected chi connectivity index (χ0v) is 14.1. The number of hydrogen-bond donors (Lipinski definition) is 2. The molecular weight excluding hydrogens is 322 g/mol. The highest BCUT2D eigenvalue weighted by Crippen LogP contribution is 2.25. The second-order valence-electron chi connectivity index (χ2n) is 6.47. The largest absolute Gasteiger partial charge is 0.383 e. The molecule has 2 aliphatic heterocycles. The van der Waals surface area contributed by atoms with Crippen molar-refractivity contribution in [2.75, 3.05) is 33.4 Å². The summed E-state index contributed by atoms with van der Waals surface area (Å²) >= 11 is 0. The summed E-state index contributed by atoms with van der Waals surface area (Å²) in [5, 5.41) is 10.9. The van der Waals surface area contributed by atoms with Crippen LogP contribution in [0, 0.1) is 0 Å². The van der Waals surface area contributed by atoms with Crippen LogP contribution >= 0.6 is 0 Å². The molecule has 0 unspecified atom stereocenters. The number of fused-ring (bicyclic) bond motifs is 2. The number of piperidine rings is 1. The van der Waals surface area contributed by atoms with Gasteiger partial charge in [-0.2, -0.15) is 5.10 Å². The average Bonchev–Trinajstić information content (AvgIpc) is 3.19. The van der Waals surface area contributed by atoms with Crippen LogP contribution in [0.15, 0.2) is 24.3 Å². The first-order valence-electron chi connectivity index (χ1n) is 8.47. The van der Waals surface area contributed by atoms with Crippen molar-refractivity contribution in [3.05, 3.63) is 30.0 Å². The Labute approximate surface area is 145 Å². The number of carbonyl (C=O) groups excluding carboxylic acids is 2. The standard InChI is InChI=1S/C17H21N5O3/c1-25-9-8-22-14-6-7-21(10-13(14)18-17(22)24)16(23)15-11-4-2-3-5-12(11)19-20-15/h2-5,13-14H,6-10H2,1H3,(H,18,24)(H,19,20)/t13-,14+/m1/s1. The second kappa shape index (κ2) is 6.36. The van der Waals surface area contributed by atoms with E-state index in [1.807, 2.05) is 29.2 Å². The molecule has 8 heteroatoms. The highest BCUT2D eigenvalue weighted by molar-refractivity contribution is 6.04. The molecule has 2 fully saturated rings. The van der Waals surface area contributed by atoms with Gasteiger partial charge in [-0.05, 0) is 12.5 Å². The molecule has 0 saturated carbocycles. The molecule has 0 spiro atoms. The van der Waals surface area contributed by atoms with E-state index in [4.69, 9.17) is 4.74 Å². The molecule has 0 radical (unpaired) electrons. The van der Waals surface area contributed by atoms with Crippen molar-refractivity contribution in [2.45, 2.75) is 18.5 Å². The minimum atomic E-state index is -0.0968. The van der Waals surface area contributed by atoms with Gasteiger partial charge < -0.3 is 19.9 Å². The van der Waals surface area contributed by atoms with E-state index in [1.54, 1.807) is 12.0 Å². The first-order valence-corrected chi connectivity index (χ1v) is 8.47. The molecule has 2 N–H and O–H groups in total. The Kier molecular flexibility index (Phi) is 4.04. The number of para-hydroxylation sites is 1. The fourth-order valence-corrected chi connectivity index (χ4v) is 3.76. The SMILES string of the molecule is COCCN1C(=O)N[C@@H]2CN(C(=O)c3n[nH]c4ccccc34)CC[C@@H]21. The van der Waals surface area contributed by atoms with Gasteiger partial charge in [-0.15, -0.1) is 0 Å². The lowest BCUT2D eigenvalue weighted by molar-refractivity contribution is 0.0638. The molecular formula is C17H21N5O3. The summed E-state index contributed by atoms with van der Waals surface area (Å²) in [4.78, 5) is 28.7. The maximum Gasteiger partial charge on any atom is 0.318 e. The highest BCUT2D eigenvalue weighted by atomic mass is 16.5. The lowest BCUT2D eigenvalue weighted by Crippen LogP contribution is -2.53. The number of aromatic amines is 1. The molecule has 2 aromatic rings. The summed E-state index contributed by atoms with van der Waals surface area (Å²) in [5.41, 5.74) is 1.29. The smallest absolute Gasteiger partial charge is 0.318 e. The minimum Gasteiger partial charge on any atom is -0.383 e. The van der Waals surface area contributed by atoms with Gasteiger partial charge in [0, 0.05) is 32.1 Å². The van der Waals surface area contributed by atoms with E-state index in [2.05, 4.69) is 15.5 Å². The van der Waals surface area contributed by atoms with Crippen molar-refractivity contribution in [3.8, 4) is 0 Å². The lowest BCUT2D eigenvalue weighted by atomic mass is 9.99. The number of aromatic nitrogens is 2. The van der Waals surface area contributed by atoms with Gasteiger partial charge in [-0.25, -0.2) is 4.79 Å². The number of carbonyl (C=O) groups is 2. The van der Waals surface area contributed by atoms with Crippen molar-refractivity contribution < 1.29 is 14.3 Å². The first kappa shape index (κ1) is 15.9. The number of H-pyrrole nitrogens is 1. The van der Waals surface area contributed by atoms with E-state index in [0.717, 1.165) is 17.3 Å². The third-order valence-electron chi connectivity index (χ3n) is 5.04. The zero-order chi connectivity index (χ0) is 17.4. The van der Waals surface area contributed by atoms with Gasteiger partial charge in [0.25, 0.3) is 5.91 Å². The van der Waals surface area contributed by atoms with E-state index in [1.165, 1.54) is 0 Å². The maximum absolute atomic E-state index is 12.9. The van der Waals surface area contributed by atoms with Crippen LogP contribution in [0.1, 0.15) is 16.9 Å². The summed E-state index contributed by atoms with van der Waals surface area (Å²) in [6, 6.07) is 7.58. The minimum absolute atomic E-state index is 0.0488. The van der Waals surface area contributed by atoms with Gasteiger partial charge in [0.05, 0.1) is 24.2 Å². The van der Waals surface area contributed by atoms with Gasteiger partial charge in [0.1, 0.15) is 0 Å². The number of nitrogens with one attached hydrogen (secondary N) is 2. The summed E-state index contributed by atoms with van der Waals surface area (Å²) in [5.74, 6) is -0.0968. The van der Waals surface area contributed by atoms with Gasteiger partial charge in [-0.1, -0.05) is 18.2 Å². The Morgan fingerprint density at radius 1 is 1.40 bits per heavy atom. The van der Waals surface area contributed by atoms with Crippen molar-refractivity contribution in [3.63, 3.8) is 0 Å². The topological polar surface area (TPSA) is 90.6 Å². The molecule has 132 valence electrons. The van der Waals surface area contributed by atoms with Crippen molar-refractivity contribution >= 4 is 22.8 Å². The summed E-state index contributed by atoms with van der Waals surface area (Å²) < 4.78 is 5.08. The second-order valence-corrected chi connectivity index (χ2v) is 6.47. The molecule has 1 aromatic carbocycles. The zero-order valence-electron chi connectivity index (χ0n) is 14.1. The van der Waals surface area contributed by atoms with Crippen LogP contribution in [0.4, 0.5) is 4.79 Å². The number of benzene rings is 1. The monoisotopic (exact) mass is 343 g/mol.